The summed E-state index contributed by atoms with van der Waals surface area (Å²) in [4.78, 5) is 24.2. The van der Waals surface area contributed by atoms with Gasteiger partial charge in [0, 0.05) is 18.7 Å². The van der Waals surface area contributed by atoms with Crippen molar-refractivity contribution >= 4 is 33.3 Å². The molecule has 2 rings (SSSR count). The smallest absolute Gasteiger partial charge is 0.338 e. The van der Waals surface area contributed by atoms with Gasteiger partial charge in [0.15, 0.2) is 0 Å². The Bertz CT molecular complexity index is 1000. The van der Waals surface area contributed by atoms with E-state index in [1.165, 1.54) is 11.4 Å². The highest BCUT2D eigenvalue weighted by Gasteiger charge is 2.18. The minimum absolute atomic E-state index is 0.140. The van der Waals surface area contributed by atoms with Crippen molar-refractivity contribution in [1.29, 1.82) is 0 Å². The van der Waals surface area contributed by atoms with Crippen molar-refractivity contribution < 1.29 is 22.7 Å². The molecular formula is C22H28N2O5S. The molecule has 8 heteroatoms. The second kappa shape index (κ2) is 10.2. The maximum atomic E-state index is 12.4. The van der Waals surface area contributed by atoms with E-state index in [-0.39, 0.29) is 18.9 Å². The van der Waals surface area contributed by atoms with Gasteiger partial charge in [0.05, 0.1) is 24.6 Å². The molecule has 0 aliphatic rings. The lowest BCUT2D eigenvalue weighted by Gasteiger charge is -2.22. The quantitative estimate of drug-likeness (QED) is 0.612. The SMILES string of the molecule is CCc1ccc(N(CCCC(=O)Nc2cccc(C(=O)OC)c2C)S(C)(=O)=O)cc1. The molecule has 0 saturated carbocycles. The van der Waals surface area contributed by atoms with Gasteiger partial charge in [0.25, 0.3) is 0 Å². The Hall–Kier alpha value is -2.87. The van der Waals surface area contributed by atoms with Crippen LogP contribution in [-0.2, 0) is 26.0 Å². The van der Waals surface area contributed by atoms with Crippen LogP contribution in [-0.4, -0.2) is 40.2 Å². The minimum Gasteiger partial charge on any atom is -0.465 e. The summed E-state index contributed by atoms with van der Waals surface area (Å²) in [6.07, 6.45) is 2.52. The molecule has 0 heterocycles. The maximum Gasteiger partial charge on any atom is 0.338 e. The number of rotatable bonds is 9. The number of anilines is 2. The van der Waals surface area contributed by atoms with Gasteiger partial charge in [-0.2, -0.15) is 0 Å². The first-order valence-corrected chi connectivity index (χ1v) is 11.6. The summed E-state index contributed by atoms with van der Waals surface area (Å²) in [6.45, 7) is 3.96. The van der Waals surface area contributed by atoms with Crippen LogP contribution in [0.3, 0.4) is 0 Å². The summed E-state index contributed by atoms with van der Waals surface area (Å²) in [6, 6.07) is 12.4. The summed E-state index contributed by atoms with van der Waals surface area (Å²) in [7, 11) is -2.17. The number of hydrogen-bond acceptors (Lipinski definition) is 5. The minimum atomic E-state index is -3.47. The zero-order valence-corrected chi connectivity index (χ0v) is 18.6. The van der Waals surface area contributed by atoms with E-state index >= 15 is 0 Å². The van der Waals surface area contributed by atoms with Gasteiger partial charge in [-0.1, -0.05) is 25.1 Å². The highest BCUT2D eigenvalue weighted by molar-refractivity contribution is 7.92. The average Bonchev–Trinajstić information content (AvgIpc) is 2.71. The van der Waals surface area contributed by atoms with E-state index < -0.39 is 16.0 Å². The molecule has 0 unspecified atom stereocenters. The number of nitrogens with zero attached hydrogens (tertiary/aromatic N) is 1. The van der Waals surface area contributed by atoms with Crippen LogP contribution in [0.1, 0.15) is 41.3 Å². The van der Waals surface area contributed by atoms with Crippen LogP contribution in [0.5, 0.6) is 0 Å². The van der Waals surface area contributed by atoms with Gasteiger partial charge < -0.3 is 10.1 Å². The molecule has 162 valence electrons. The molecule has 0 aromatic heterocycles. The van der Waals surface area contributed by atoms with Crippen LogP contribution in [0.25, 0.3) is 0 Å². The Morgan fingerprint density at radius 2 is 1.77 bits per heavy atom. The first-order valence-electron chi connectivity index (χ1n) is 9.71. The van der Waals surface area contributed by atoms with E-state index in [2.05, 4.69) is 5.32 Å². The van der Waals surface area contributed by atoms with Crippen LogP contribution in [0.15, 0.2) is 42.5 Å². The van der Waals surface area contributed by atoms with E-state index in [1.807, 2.05) is 19.1 Å². The fraction of sp³-hybridized carbons (Fsp3) is 0.364. The number of carbonyl (C=O) groups excluding carboxylic acids is 2. The lowest BCUT2D eigenvalue weighted by molar-refractivity contribution is -0.116. The van der Waals surface area contributed by atoms with Gasteiger partial charge in [-0.25, -0.2) is 13.2 Å². The van der Waals surface area contributed by atoms with Crippen molar-refractivity contribution in [2.24, 2.45) is 0 Å². The van der Waals surface area contributed by atoms with Crippen LogP contribution in [0.4, 0.5) is 11.4 Å². The van der Waals surface area contributed by atoms with Crippen molar-refractivity contribution in [2.45, 2.75) is 33.1 Å². The lowest BCUT2D eigenvalue weighted by atomic mass is 10.1. The Labute approximate surface area is 178 Å². The largest absolute Gasteiger partial charge is 0.465 e. The molecule has 2 aromatic carbocycles. The van der Waals surface area contributed by atoms with Gasteiger partial charge in [-0.15, -0.1) is 0 Å². The normalized spacial score (nSPS) is 11.1. The number of carbonyl (C=O) groups is 2. The van der Waals surface area contributed by atoms with Gasteiger partial charge in [-0.3, -0.25) is 9.10 Å². The molecule has 0 fully saturated rings. The number of nitrogens with one attached hydrogen (secondary N) is 1. The van der Waals surface area contributed by atoms with Crippen molar-refractivity contribution in [1.82, 2.24) is 0 Å². The Morgan fingerprint density at radius 1 is 1.10 bits per heavy atom. The van der Waals surface area contributed by atoms with Crippen LogP contribution >= 0.6 is 0 Å². The third-order valence-electron chi connectivity index (χ3n) is 4.81. The van der Waals surface area contributed by atoms with Crippen molar-refractivity contribution in [2.75, 3.05) is 29.5 Å². The molecule has 7 nitrogen and oxygen atoms in total. The zero-order chi connectivity index (χ0) is 22.3. The highest BCUT2D eigenvalue weighted by Crippen LogP contribution is 2.21. The van der Waals surface area contributed by atoms with Gasteiger partial charge >= 0.3 is 5.97 Å². The molecule has 0 radical (unpaired) electrons. The van der Waals surface area contributed by atoms with E-state index in [0.29, 0.717) is 28.9 Å². The molecule has 2 aromatic rings. The van der Waals surface area contributed by atoms with E-state index in [9.17, 15) is 18.0 Å². The topological polar surface area (TPSA) is 92.8 Å². The zero-order valence-electron chi connectivity index (χ0n) is 17.8. The third-order valence-corrected chi connectivity index (χ3v) is 6.01. The number of amides is 1. The molecule has 0 spiro atoms. The summed E-state index contributed by atoms with van der Waals surface area (Å²) in [5.74, 6) is -0.726. The number of hydrogen-bond donors (Lipinski definition) is 1. The fourth-order valence-electron chi connectivity index (χ4n) is 3.08. The number of aryl methyl sites for hydroxylation is 1. The summed E-state index contributed by atoms with van der Waals surface area (Å²) in [5, 5.41) is 2.78. The number of methoxy groups -OCH3 is 1. The molecule has 1 N–H and O–H groups in total. The second-order valence-corrected chi connectivity index (χ2v) is 8.88. The highest BCUT2D eigenvalue weighted by atomic mass is 32.2. The number of esters is 1. The lowest BCUT2D eigenvalue weighted by Crippen LogP contribution is -2.31. The first kappa shape index (κ1) is 23.4. The van der Waals surface area contributed by atoms with E-state index in [1.54, 1.807) is 37.3 Å². The predicted molar refractivity (Wildman–Crippen MR) is 118 cm³/mol. The van der Waals surface area contributed by atoms with Gasteiger partial charge in [-0.05, 0) is 55.2 Å². The number of ether oxygens (including phenoxy) is 1. The van der Waals surface area contributed by atoms with Crippen molar-refractivity contribution in [3.8, 4) is 0 Å². The summed E-state index contributed by atoms with van der Waals surface area (Å²) >= 11 is 0. The fourth-order valence-corrected chi connectivity index (χ4v) is 4.05. The monoisotopic (exact) mass is 432 g/mol. The molecular weight excluding hydrogens is 404 g/mol. The standard InChI is InChI=1S/C22H28N2O5S/c1-5-17-11-13-18(14-12-17)24(30(4,27)28)15-7-10-21(25)23-20-9-6-8-19(16(20)2)22(26)29-3/h6,8-9,11-14H,5,7,10,15H2,1-4H3,(H,23,25). The predicted octanol–water partition coefficient (Wildman–Crippen LogP) is 3.53. The van der Waals surface area contributed by atoms with Crippen LogP contribution < -0.4 is 9.62 Å². The van der Waals surface area contributed by atoms with E-state index in [0.717, 1.165) is 18.2 Å². The third kappa shape index (κ3) is 6.06. The van der Waals surface area contributed by atoms with E-state index in [4.69, 9.17) is 4.74 Å². The summed E-state index contributed by atoms with van der Waals surface area (Å²) in [5.41, 5.74) is 3.23. The van der Waals surface area contributed by atoms with Gasteiger partial charge in [0.1, 0.15) is 0 Å². The average molecular weight is 433 g/mol. The maximum absolute atomic E-state index is 12.4. The van der Waals surface area contributed by atoms with Gasteiger partial charge in [0.2, 0.25) is 15.9 Å². The Balaban J connectivity index is 2.02. The molecule has 0 atom stereocenters. The number of sulfonamides is 1. The van der Waals surface area contributed by atoms with Crippen LogP contribution in [0, 0.1) is 6.92 Å². The molecule has 0 aliphatic heterocycles. The molecule has 0 bridgehead atoms. The summed E-state index contributed by atoms with van der Waals surface area (Å²) < 4.78 is 30.5. The van der Waals surface area contributed by atoms with Crippen LogP contribution in [0.2, 0.25) is 0 Å². The molecule has 1 amide bonds. The van der Waals surface area contributed by atoms with Crippen molar-refractivity contribution in [3.05, 3.63) is 59.2 Å². The first-order chi connectivity index (χ1) is 14.2. The van der Waals surface area contributed by atoms with Crippen molar-refractivity contribution in [3.63, 3.8) is 0 Å². The Kier molecular flexibility index (Phi) is 8.00. The second-order valence-electron chi connectivity index (χ2n) is 6.98. The Morgan fingerprint density at radius 3 is 2.33 bits per heavy atom. The molecule has 30 heavy (non-hydrogen) atoms. The molecule has 0 saturated heterocycles. The number of benzene rings is 2. The molecule has 0 aliphatic carbocycles.